The number of aromatic amines is 3. The second-order valence-corrected chi connectivity index (χ2v) is 21.2. The quantitative estimate of drug-likeness (QED) is 0.0608. The van der Waals surface area contributed by atoms with E-state index in [2.05, 4.69) is 60.4 Å². The number of nitrogens with zero attached hydrogens (tertiary/aromatic N) is 8. The van der Waals surface area contributed by atoms with Crippen molar-refractivity contribution in [2.24, 2.45) is 25.2 Å². The molecule has 0 aliphatic rings. The van der Waals surface area contributed by atoms with E-state index in [-0.39, 0.29) is 61.2 Å². The molecule has 28 nitrogen and oxygen atoms in total. The lowest BCUT2D eigenvalue weighted by atomic mass is 10.1. The number of benzene rings is 5. The Morgan fingerprint density at radius 1 is 0.522 bits per heavy atom. The third-order valence-corrected chi connectivity index (χ3v) is 13.4. The highest BCUT2D eigenvalue weighted by Crippen LogP contribution is 2.43. The average molecular weight is 1090 g/mol. The van der Waals surface area contributed by atoms with Gasteiger partial charge in [-0.2, -0.15) is 57.0 Å². The van der Waals surface area contributed by atoms with Crippen molar-refractivity contribution in [3.8, 4) is 5.75 Å². The molecule has 0 unspecified atom stereocenters. The Morgan fingerprint density at radius 3 is 1.77 bits per heavy atom. The standard InChI is InChI=1S/C34H24Cl2N12O16S5/c35-29-41-32(38-17-4-7-21-15(10-17)11-26(69(62,63)64)27(28(21)49)48-47-23-14-20(66(53,54)55)6-9-25(23)68(59,60)61)45-33(42-29)39-18-5-8-24(67(56,57)58)22(13-18)40-34-44-30(36)43-31(46-34)37-16-2-1-3-19(12-16)65(50,51)52/h1-14,49H,(H,50,51,52)(H,53,54,55)(H,56,57,58)(H,59,60,61)(H,62,63,64)(H2,37,40,43,44,46)(H2,38,39,41,42,45). The maximum absolute atomic E-state index is 12.5. The molecule has 69 heavy (non-hydrogen) atoms. The van der Waals surface area contributed by atoms with Crippen molar-refractivity contribution in [2.45, 2.75) is 24.5 Å². The molecule has 0 aliphatic carbocycles. The summed E-state index contributed by atoms with van der Waals surface area (Å²) < 4.78 is 169. The number of aromatic nitrogens is 6. The van der Waals surface area contributed by atoms with E-state index in [1.165, 1.54) is 30.3 Å². The molecule has 2 heterocycles. The number of hydrogen-bond donors (Lipinski definition) is 10. The first-order valence-electron chi connectivity index (χ1n) is 17.9. The number of anilines is 2. The SMILES string of the molecule is O=S(=O)(O)c1cccc(N=c2nc(Cl)[nH]c(=Nc3cc(N=c4nc(Nc5ccc6c(O)c(N=Nc7cc(S(=O)(=O)O)ccc7S(=O)(=O)O)c(S(=O)(=O)O)cc6c5)nc(Cl)[nH]4)ccc3S(=O)(=O)O)[nH]2)c1. The number of phenolic OH excluding ortho intramolecular Hbond substituents is 1. The van der Waals surface area contributed by atoms with Crippen LogP contribution in [0.5, 0.6) is 5.75 Å². The molecular weight excluding hydrogens is 1060 g/mol. The first-order valence-corrected chi connectivity index (χ1v) is 25.9. The van der Waals surface area contributed by atoms with Crippen LogP contribution in [0, 0.1) is 0 Å². The van der Waals surface area contributed by atoms with Gasteiger partial charge in [0, 0.05) is 11.1 Å². The maximum Gasteiger partial charge on any atom is 0.296 e. The number of aromatic hydroxyl groups is 1. The number of azo groups is 1. The number of nitrogens with one attached hydrogen (secondary N) is 4. The monoisotopic (exact) mass is 1090 g/mol. The number of halogens is 2. The van der Waals surface area contributed by atoms with Crippen molar-refractivity contribution in [3.63, 3.8) is 0 Å². The number of H-pyrrole nitrogens is 3. The molecule has 360 valence electrons. The van der Waals surface area contributed by atoms with Gasteiger partial charge in [-0.1, -0.05) is 6.07 Å². The van der Waals surface area contributed by atoms with Crippen molar-refractivity contribution in [1.82, 2.24) is 29.9 Å². The van der Waals surface area contributed by atoms with Crippen molar-refractivity contribution >= 4 is 125 Å². The highest BCUT2D eigenvalue weighted by molar-refractivity contribution is 7.87. The second-order valence-electron chi connectivity index (χ2n) is 13.4. The van der Waals surface area contributed by atoms with Crippen LogP contribution < -0.4 is 22.2 Å². The Morgan fingerprint density at radius 2 is 1.12 bits per heavy atom. The van der Waals surface area contributed by atoms with Crippen LogP contribution >= 0.6 is 23.2 Å². The predicted molar refractivity (Wildman–Crippen MR) is 236 cm³/mol. The molecule has 0 amide bonds. The third-order valence-electron chi connectivity index (χ3n) is 8.67. The van der Waals surface area contributed by atoms with E-state index in [9.17, 15) is 70.0 Å². The molecule has 35 heteroatoms. The van der Waals surface area contributed by atoms with Gasteiger partial charge in [0.2, 0.25) is 33.4 Å². The molecule has 7 aromatic rings. The summed E-state index contributed by atoms with van der Waals surface area (Å²) in [5.74, 6) is -1.21. The Labute approximate surface area is 395 Å². The van der Waals surface area contributed by atoms with Crippen LogP contribution in [0.15, 0.2) is 135 Å². The van der Waals surface area contributed by atoms with Gasteiger partial charge >= 0.3 is 0 Å². The molecule has 2 aromatic heterocycles. The summed E-state index contributed by atoms with van der Waals surface area (Å²) in [5.41, 5.74) is -3.15. The Hall–Kier alpha value is -6.89. The molecule has 7 rings (SSSR count). The van der Waals surface area contributed by atoms with Crippen LogP contribution in [0.1, 0.15) is 0 Å². The lowest BCUT2D eigenvalue weighted by Crippen LogP contribution is -2.26. The van der Waals surface area contributed by atoms with E-state index >= 15 is 0 Å². The minimum absolute atomic E-state index is 0.00873. The van der Waals surface area contributed by atoms with Crippen molar-refractivity contribution < 1.29 is 70.0 Å². The predicted octanol–water partition coefficient (Wildman–Crippen LogP) is 4.11. The molecular formula is C34H24Cl2N12O16S5. The summed E-state index contributed by atoms with van der Waals surface area (Å²) in [6, 6.07) is 14.2. The molecule has 0 atom stereocenters. The van der Waals surface area contributed by atoms with Gasteiger partial charge in [-0.25, -0.2) is 15.0 Å². The lowest BCUT2D eigenvalue weighted by Gasteiger charge is -2.11. The van der Waals surface area contributed by atoms with Crippen molar-refractivity contribution in [2.75, 3.05) is 5.32 Å². The van der Waals surface area contributed by atoms with Crippen LogP contribution in [-0.4, -0.2) is 99.9 Å². The van der Waals surface area contributed by atoms with Gasteiger partial charge in [0.1, 0.15) is 26.1 Å². The highest BCUT2D eigenvalue weighted by Gasteiger charge is 2.25. The molecule has 0 aliphatic heterocycles. The molecule has 0 radical (unpaired) electrons. The zero-order valence-corrected chi connectivity index (χ0v) is 38.8. The van der Waals surface area contributed by atoms with Gasteiger partial charge in [-0.15, -0.1) is 10.2 Å². The van der Waals surface area contributed by atoms with Gasteiger partial charge in [0.05, 0.1) is 26.9 Å². The Kier molecular flexibility index (Phi) is 13.4. The van der Waals surface area contributed by atoms with Crippen LogP contribution in [0.25, 0.3) is 10.8 Å². The molecule has 0 bridgehead atoms. The molecule has 0 saturated carbocycles. The first-order chi connectivity index (χ1) is 32.0. The number of rotatable bonds is 12. The maximum atomic E-state index is 12.5. The smallest absolute Gasteiger partial charge is 0.296 e. The highest BCUT2D eigenvalue weighted by atomic mass is 35.5. The lowest BCUT2D eigenvalue weighted by molar-refractivity contribution is 0.472. The largest absolute Gasteiger partial charge is 0.505 e. The van der Waals surface area contributed by atoms with E-state index in [1.807, 2.05) is 0 Å². The van der Waals surface area contributed by atoms with E-state index < -0.39 is 97.9 Å². The summed E-state index contributed by atoms with van der Waals surface area (Å²) in [6.07, 6.45) is 0. The van der Waals surface area contributed by atoms with Gasteiger partial charge in [0.15, 0.2) is 5.75 Å². The van der Waals surface area contributed by atoms with Gasteiger partial charge in [0.25, 0.3) is 50.6 Å². The minimum atomic E-state index is -5.28. The molecule has 0 spiro atoms. The normalized spacial score (nSPS) is 13.7. The number of phenols is 1. The van der Waals surface area contributed by atoms with Gasteiger partial charge in [-0.05, 0) is 107 Å². The molecule has 0 saturated heterocycles. The first kappa shape index (κ1) is 50.0. The van der Waals surface area contributed by atoms with E-state index in [0.29, 0.717) is 18.2 Å². The van der Waals surface area contributed by atoms with E-state index in [4.69, 9.17) is 23.2 Å². The van der Waals surface area contributed by atoms with Crippen LogP contribution in [0.3, 0.4) is 0 Å². The summed E-state index contributed by atoms with van der Waals surface area (Å²) in [5, 5.41) is 20.0. The van der Waals surface area contributed by atoms with Crippen LogP contribution in [0.2, 0.25) is 10.6 Å². The fourth-order valence-electron chi connectivity index (χ4n) is 5.84. The fourth-order valence-corrected chi connectivity index (χ4v) is 9.06. The summed E-state index contributed by atoms with van der Waals surface area (Å²) in [7, 11) is -24.9. The summed E-state index contributed by atoms with van der Waals surface area (Å²) >= 11 is 12.3. The summed E-state index contributed by atoms with van der Waals surface area (Å²) in [4.78, 5) is 28.2. The van der Waals surface area contributed by atoms with E-state index in [1.54, 1.807) is 0 Å². The fraction of sp³-hybridized carbons (Fsp3) is 0. The molecule has 10 N–H and O–H groups in total. The zero-order chi connectivity index (χ0) is 50.4. The second kappa shape index (κ2) is 18.5. The van der Waals surface area contributed by atoms with Gasteiger partial charge in [-0.3, -0.25) is 32.7 Å². The van der Waals surface area contributed by atoms with Crippen molar-refractivity contribution in [3.05, 3.63) is 112 Å². The van der Waals surface area contributed by atoms with E-state index in [0.717, 1.165) is 36.4 Å². The van der Waals surface area contributed by atoms with Crippen LogP contribution in [0.4, 0.5) is 40.1 Å². The number of fused-ring (bicyclic) bond motifs is 1. The Balaban J connectivity index is 1.25. The topological polar surface area (TPSA) is 452 Å². The number of hydrogen-bond acceptors (Lipinski definition) is 20. The minimum Gasteiger partial charge on any atom is -0.505 e. The summed E-state index contributed by atoms with van der Waals surface area (Å²) in [6.45, 7) is 0. The van der Waals surface area contributed by atoms with Crippen molar-refractivity contribution in [1.29, 1.82) is 0 Å². The zero-order valence-electron chi connectivity index (χ0n) is 33.2. The molecule has 0 fully saturated rings. The van der Waals surface area contributed by atoms with Gasteiger partial charge < -0.3 is 15.4 Å². The Bertz CT molecular complexity index is 4150. The van der Waals surface area contributed by atoms with Crippen LogP contribution in [-0.2, 0) is 50.6 Å². The molecule has 5 aromatic carbocycles. The average Bonchev–Trinajstić information content (AvgIpc) is 3.21. The third kappa shape index (κ3) is 12.1.